The molecular formula is C45H75F3N4O23. The molecule has 8 atom stereocenters. The second-order valence-electron chi connectivity index (χ2n) is 18.7. The number of amides is 4. The first kappa shape index (κ1) is 71.0. The van der Waals surface area contributed by atoms with E-state index in [-0.39, 0.29) is 52.0 Å². The maximum absolute atomic E-state index is 12.2. The second-order valence-corrected chi connectivity index (χ2v) is 18.7. The predicted octanol–water partition coefficient (Wildman–Crippen LogP) is 1.78. The highest BCUT2D eigenvalue weighted by molar-refractivity contribution is 6.01. The van der Waals surface area contributed by atoms with Crippen LogP contribution in [-0.4, -0.2) is 225 Å². The number of aliphatic hydroxyl groups is 1. The molecule has 0 aromatic carbocycles. The minimum atomic E-state index is -1.38. The summed E-state index contributed by atoms with van der Waals surface area (Å²) < 4.78 is 84.2. The third kappa shape index (κ3) is 29.0. The van der Waals surface area contributed by atoms with Crippen LogP contribution in [-0.2, 0) is 80.9 Å². The van der Waals surface area contributed by atoms with Gasteiger partial charge in [-0.2, -0.15) is 0 Å². The zero-order chi connectivity index (χ0) is 58.6. The number of rotatable bonds is 20. The molecule has 0 aliphatic carbocycles. The van der Waals surface area contributed by atoms with Crippen LogP contribution in [0.4, 0.5) is 27.6 Å². The lowest BCUT2D eigenvalue weighted by Crippen LogP contribution is -2.47. The first-order valence-electron chi connectivity index (χ1n) is 22.9. The molecule has 0 radical (unpaired) electrons. The molecular weight excluding hydrogens is 1020 g/mol. The second kappa shape index (κ2) is 34.5. The number of methoxy groups -OCH3 is 4. The molecule has 0 spiro atoms. The van der Waals surface area contributed by atoms with E-state index in [4.69, 9.17) is 39.6 Å². The molecule has 2 heterocycles. The summed E-state index contributed by atoms with van der Waals surface area (Å²) in [6.45, 7) is 11.8. The molecule has 30 heteroatoms. The number of aliphatic carboxylic acids is 2. The van der Waals surface area contributed by atoms with Crippen molar-refractivity contribution in [2.75, 3.05) is 74.8 Å². The van der Waals surface area contributed by atoms with E-state index in [1.807, 2.05) is 0 Å². The van der Waals surface area contributed by atoms with Gasteiger partial charge >= 0.3 is 54.1 Å². The van der Waals surface area contributed by atoms with Crippen molar-refractivity contribution in [3.63, 3.8) is 0 Å². The molecule has 6 N–H and O–H groups in total. The number of hydrogen-bond donors (Lipinski definition) is 5. The Morgan fingerprint density at radius 3 is 1.53 bits per heavy atom. The van der Waals surface area contributed by atoms with Gasteiger partial charge in [-0.25, -0.2) is 56.4 Å². The van der Waals surface area contributed by atoms with Gasteiger partial charge in [0.25, 0.3) is 5.91 Å². The fourth-order valence-electron chi connectivity index (χ4n) is 5.93. The van der Waals surface area contributed by atoms with Crippen molar-refractivity contribution in [3.05, 3.63) is 0 Å². The molecule has 27 nitrogen and oxygen atoms in total. The monoisotopic (exact) mass is 1100 g/mol. The first-order valence-corrected chi connectivity index (χ1v) is 22.9. The van der Waals surface area contributed by atoms with Crippen LogP contribution in [0.2, 0.25) is 0 Å². The molecule has 2 rings (SSSR count). The SMILES string of the molecule is COC(=O)C(CC(OCCF)C(=O)OC)NC(=O)OC(C)(C)C.COC(=O)C1CC(O)CN1C(=O)OC(C)(C)C.COC(=O)C1CC(OCCF)C(=O)N1C(=O)OC(C)(C)C.NC(CC(OCCF)C(=O)O)C(=O)O. The molecule has 0 aromatic heterocycles. The fourth-order valence-corrected chi connectivity index (χ4v) is 5.93. The number of likely N-dealkylation sites (tertiary alicyclic amines) is 2. The summed E-state index contributed by atoms with van der Waals surface area (Å²) in [7, 11) is 4.65. The molecule has 2 fully saturated rings. The Morgan fingerprint density at radius 2 is 1.11 bits per heavy atom. The highest BCUT2D eigenvalue weighted by atomic mass is 19.1. The van der Waals surface area contributed by atoms with Gasteiger partial charge < -0.3 is 73.7 Å². The van der Waals surface area contributed by atoms with Crippen molar-refractivity contribution < 1.29 is 124 Å². The van der Waals surface area contributed by atoms with E-state index in [0.29, 0.717) is 4.90 Å². The largest absolute Gasteiger partial charge is 0.480 e. The zero-order valence-corrected chi connectivity index (χ0v) is 44.5. The van der Waals surface area contributed by atoms with Crippen LogP contribution in [0.1, 0.15) is 88.0 Å². The average molecular weight is 1100 g/mol. The van der Waals surface area contributed by atoms with Crippen LogP contribution in [0.25, 0.3) is 0 Å². The van der Waals surface area contributed by atoms with Crippen molar-refractivity contribution in [2.24, 2.45) is 5.73 Å². The van der Waals surface area contributed by atoms with Crippen LogP contribution >= 0.6 is 0 Å². The number of alkyl halides is 3. The van der Waals surface area contributed by atoms with Crippen molar-refractivity contribution in [2.45, 2.75) is 153 Å². The van der Waals surface area contributed by atoms with Gasteiger partial charge in [-0.05, 0) is 62.3 Å². The van der Waals surface area contributed by atoms with E-state index in [2.05, 4.69) is 29.0 Å². The Kier molecular flexibility index (Phi) is 32.6. The Morgan fingerprint density at radius 1 is 0.640 bits per heavy atom. The van der Waals surface area contributed by atoms with Crippen molar-refractivity contribution in [3.8, 4) is 0 Å². The highest BCUT2D eigenvalue weighted by Crippen LogP contribution is 2.26. The van der Waals surface area contributed by atoms with E-state index in [0.717, 1.165) is 21.3 Å². The minimum Gasteiger partial charge on any atom is -0.480 e. The molecule has 75 heavy (non-hydrogen) atoms. The predicted molar refractivity (Wildman–Crippen MR) is 250 cm³/mol. The Bertz CT molecular complexity index is 1860. The number of hydrogen-bond acceptors (Lipinski definition) is 22. The maximum atomic E-state index is 12.2. The number of esters is 4. The number of nitrogens with two attached hydrogens (primary N) is 1. The summed E-state index contributed by atoms with van der Waals surface area (Å²) in [6.07, 6.45) is -7.35. The summed E-state index contributed by atoms with van der Waals surface area (Å²) >= 11 is 0. The van der Waals surface area contributed by atoms with Crippen LogP contribution in [0.5, 0.6) is 0 Å². The summed E-state index contributed by atoms with van der Waals surface area (Å²) in [5.74, 6) is -6.27. The molecule has 4 amide bonds. The minimum absolute atomic E-state index is 0.0786. The normalized spacial score (nSPS) is 18.8. The third-order valence-corrected chi connectivity index (χ3v) is 9.05. The van der Waals surface area contributed by atoms with E-state index in [9.17, 15) is 66.2 Å². The van der Waals surface area contributed by atoms with E-state index in [1.54, 1.807) is 62.3 Å². The number of nitrogens with one attached hydrogen (secondary N) is 1. The standard InChI is InChI=1S/C14H24FNO7.C13H20FNO6.C11H19NO5.C7H12FNO5/c1-14(2,3)23-13(19)16-9(11(17)20-4)8-10(12(18)21-5)22-7-6-15;1-13(2,3)21-12(18)15-8(11(17)19-4)7-9(10(15)16)20-6-5-14;1-11(2,3)17-10(15)12-6-7(13)5-8(12)9(14)16-4;8-1-2-14-5(7(12)13)3-4(9)6(10)11/h9-10H,6-8H2,1-5H3,(H,16,19);8-9H,5-7H2,1-4H3;7-8,13H,5-6H2,1-4H3;4-5H,1-3,9H2,(H,10,11)(H,12,13). The van der Waals surface area contributed by atoms with E-state index in [1.165, 1.54) is 12.0 Å². The van der Waals surface area contributed by atoms with Crippen LogP contribution < -0.4 is 11.1 Å². The summed E-state index contributed by atoms with van der Waals surface area (Å²) in [6, 6.07) is -4.42. The molecule has 0 bridgehead atoms. The number of β-amino-alcohol motifs (C(OH)–C–C–N with tert-alkyl or cyclic N) is 1. The van der Waals surface area contributed by atoms with Crippen molar-refractivity contribution in [1.82, 2.24) is 15.1 Å². The summed E-state index contributed by atoms with van der Waals surface area (Å²) in [4.78, 5) is 117. The molecule has 0 aromatic rings. The zero-order valence-electron chi connectivity index (χ0n) is 44.5. The number of imide groups is 1. The number of carboxylic acid groups (broad SMARTS) is 2. The van der Waals surface area contributed by atoms with E-state index < -0.39 is 145 Å². The number of nitrogens with zero attached hydrogens (tertiary/aromatic N) is 2. The number of aliphatic hydroxyl groups excluding tert-OH is 1. The lowest BCUT2D eigenvalue weighted by molar-refractivity contribution is -0.157. The highest BCUT2D eigenvalue weighted by Gasteiger charge is 2.49. The molecule has 2 saturated heterocycles. The van der Waals surface area contributed by atoms with Gasteiger partial charge in [0.05, 0.1) is 60.9 Å². The van der Waals surface area contributed by atoms with Gasteiger partial charge in [-0.15, -0.1) is 0 Å². The van der Waals surface area contributed by atoms with Crippen LogP contribution in [0.15, 0.2) is 0 Å². The summed E-state index contributed by atoms with van der Waals surface area (Å²) in [5, 5.41) is 28.7. The fraction of sp³-hybridized carbons (Fsp3) is 0.778. The Hall–Kier alpha value is -6.11. The lowest BCUT2D eigenvalue weighted by atomic mass is 10.1. The topological polar surface area (TPSA) is 368 Å². The third-order valence-electron chi connectivity index (χ3n) is 9.05. The van der Waals surface area contributed by atoms with Crippen LogP contribution in [0, 0.1) is 0 Å². The van der Waals surface area contributed by atoms with Crippen LogP contribution in [0.3, 0.4) is 0 Å². The molecule has 434 valence electrons. The molecule has 2 aliphatic rings. The van der Waals surface area contributed by atoms with Gasteiger partial charge in [-0.3, -0.25) is 14.5 Å². The van der Waals surface area contributed by atoms with Gasteiger partial charge in [-0.1, -0.05) is 0 Å². The maximum Gasteiger partial charge on any atom is 0.417 e. The quantitative estimate of drug-likeness (QED) is 0.0856. The molecule has 0 saturated carbocycles. The number of carbonyl (C=O) groups is 10. The summed E-state index contributed by atoms with van der Waals surface area (Å²) in [5.41, 5.74) is 2.87. The Balaban J connectivity index is 0. The number of carbonyl (C=O) groups excluding carboxylic acids is 8. The van der Waals surface area contributed by atoms with Crippen molar-refractivity contribution >= 4 is 60.0 Å². The number of halogens is 3. The van der Waals surface area contributed by atoms with Gasteiger partial charge in [0.1, 0.15) is 67.1 Å². The average Bonchev–Trinajstić information content (AvgIpc) is 3.87. The lowest BCUT2D eigenvalue weighted by Gasteiger charge is -2.27. The van der Waals surface area contributed by atoms with Crippen molar-refractivity contribution in [1.29, 1.82) is 0 Å². The Labute approximate surface area is 432 Å². The van der Waals surface area contributed by atoms with Gasteiger partial charge in [0.2, 0.25) is 0 Å². The number of alkyl carbamates (subject to hydrolysis) is 1. The first-order chi connectivity index (χ1) is 34.6. The van der Waals surface area contributed by atoms with Gasteiger partial charge in [0.15, 0.2) is 12.2 Å². The van der Waals surface area contributed by atoms with Gasteiger partial charge in [0, 0.05) is 25.7 Å². The molecule has 8 unspecified atom stereocenters. The number of carboxylic acids is 2. The van der Waals surface area contributed by atoms with E-state index >= 15 is 0 Å². The smallest absolute Gasteiger partial charge is 0.417 e. The number of ether oxygens (including phenoxy) is 10. The molecule has 2 aliphatic heterocycles.